The molecule has 0 aliphatic rings. The molecule has 0 aromatic heterocycles. The van der Waals surface area contributed by atoms with E-state index >= 15 is 0 Å². The van der Waals surface area contributed by atoms with Crippen molar-refractivity contribution in [1.29, 1.82) is 0 Å². The molecule has 0 saturated heterocycles. The van der Waals surface area contributed by atoms with Crippen LogP contribution in [0.3, 0.4) is 0 Å². The molecule has 0 rings (SSSR count). The van der Waals surface area contributed by atoms with Gasteiger partial charge in [0, 0.05) is 31.1 Å². The molecule has 3 atom stereocenters. The van der Waals surface area contributed by atoms with Gasteiger partial charge in [-0.1, -0.05) is 137 Å². The quantitative estimate of drug-likeness (QED) is 0.0442. The van der Waals surface area contributed by atoms with E-state index in [1.54, 1.807) is 20.8 Å². The van der Waals surface area contributed by atoms with E-state index in [2.05, 4.69) is 19.1 Å². The molecule has 0 saturated carbocycles. The summed E-state index contributed by atoms with van der Waals surface area (Å²) in [5, 5.41) is 30.2. The van der Waals surface area contributed by atoms with Crippen LogP contribution in [0.25, 0.3) is 0 Å². The second-order valence-corrected chi connectivity index (χ2v) is 13.7. The second-order valence-electron chi connectivity index (χ2n) is 13.7. The maximum atomic E-state index is 11.5. The molecule has 0 spiro atoms. The van der Waals surface area contributed by atoms with Crippen molar-refractivity contribution in [3.8, 4) is 0 Å². The summed E-state index contributed by atoms with van der Waals surface area (Å²) in [4.78, 5) is 34.4. The van der Waals surface area contributed by atoms with E-state index < -0.39 is 35.7 Å². The molecule has 0 aliphatic carbocycles. The number of unbranched alkanes of at least 4 members (excludes halogenated alkanes) is 17. The first kappa shape index (κ1) is 42.1. The Morgan fingerprint density at radius 1 is 0.568 bits per heavy atom. The molecule has 0 bridgehead atoms. The molecule has 2 N–H and O–H groups in total. The third kappa shape index (κ3) is 23.5. The lowest BCUT2D eigenvalue weighted by Crippen LogP contribution is -2.52. The average Bonchev–Trinajstić information content (AvgIpc) is 2.99. The first-order valence-corrected chi connectivity index (χ1v) is 18.2. The van der Waals surface area contributed by atoms with Crippen LogP contribution in [0, 0.1) is 17.8 Å². The molecular formula is C37H69NO6. The minimum atomic E-state index is -1.09. The van der Waals surface area contributed by atoms with E-state index in [0.29, 0.717) is 49.9 Å². The lowest BCUT2D eigenvalue weighted by molar-refractivity contribution is -0.924. The maximum absolute atomic E-state index is 11.5. The molecule has 0 amide bonds. The Bertz CT molecular complexity index is 707. The number of allylic oxidation sites excluding steroid dienone is 1. The van der Waals surface area contributed by atoms with Crippen LogP contribution < -0.4 is 5.11 Å². The Balaban J connectivity index is 4.46. The molecule has 3 unspecified atom stereocenters. The Labute approximate surface area is 270 Å². The fraction of sp³-hybridized carbons (Fsp3) is 0.865. The van der Waals surface area contributed by atoms with Crippen molar-refractivity contribution in [3.05, 3.63) is 12.2 Å². The van der Waals surface area contributed by atoms with Crippen LogP contribution in [0.2, 0.25) is 0 Å². The summed E-state index contributed by atoms with van der Waals surface area (Å²) < 4.78 is 0.502. The van der Waals surface area contributed by atoms with Gasteiger partial charge in [-0.05, 0) is 18.9 Å². The van der Waals surface area contributed by atoms with Crippen LogP contribution >= 0.6 is 0 Å². The molecule has 0 aliphatic heterocycles. The molecule has 0 heterocycles. The van der Waals surface area contributed by atoms with E-state index in [4.69, 9.17) is 0 Å². The number of nitrogens with zero attached hydrogens (tertiary/aromatic N) is 1. The number of aliphatic carboxylic acids is 3. The third-order valence-electron chi connectivity index (χ3n) is 9.49. The summed E-state index contributed by atoms with van der Waals surface area (Å²) in [7, 11) is 0. The van der Waals surface area contributed by atoms with Gasteiger partial charge in [0.2, 0.25) is 0 Å². The highest BCUT2D eigenvalue weighted by atomic mass is 16.4. The van der Waals surface area contributed by atoms with Crippen molar-refractivity contribution in [2.75, 3.05) is 26.2 Å². The number of carboxylic acids is 3. The smallest absolute Gasteiger partial charge is 0.306 e. The summed E-state index contributed by atoms with van der Waals surface area (Å²) in [5.74, 6) is -4.42. The Kier molecular flexibility index (Phi) is 26.2. The van der Waals surface area contributed by atoms with Crippen molar-refractivity contribution in [3.63, 3.8) is 0 Å². The molecule has 0 fully saturated rings. The molecular weight excluding hydrogens is 554 g/mol. The van der Waals surface area contributed by atoms with Crippen molar-refractivity contribution >= 4 is 17.9 Å². The van der Waals surface area contributed by atoms with Gasteiger partial charge in [-0.2, -0.15) is 0 Å². The SMILES string of the molecule is CCCCCCCCCCCCCCCCCCC/C=C/C[N+](CCC(C)C(=O)[O-])(CCC(C)C(=O)O)CCC(C)C(=O)O. The van der Waals surface area contributed by atoms with Gasteiger partial charge >= 0.3 is 11.9 Å². The number of carbonyl (C=O) groups is 3. The molecule has 0 aromatic carbocycles. The average molecular weight is 624 g/mol. The summed E-state index contributed by atoms with van der Waals surface area (Å²) in [6.07, 6.45) is 29.7. The van der Waals surface area contributed by atoms with Gasteiger partial charge in [0.1, 0.15) is 0 Å². The highest BCUT2D eigenvalue weighted by Gasteiger charge is 2.30. The van der Waals surface area contributed by atoms with E-state index in [1.165, 1.54) is 103 Å². The van der Waals surface area contributed by atoms with Crippen LogP contribution in [0.5, 0.6) is 0 Å². The van der Waals surface area contributed by atoms with Gasteiger partial charge in [-0.25, -0.2) is 0 Å². The van der Waals surface area contributed by atoms with Gasteiger partial charge in [0.25, 0.3) is 0 Å². The third-order valence-corrected chi connectivity index (χ3v) is 9.49. The van der Waals surface area contributed by atoms with Crippen LogP contribution in [0.1, 0.15) is 163 Å². The number of carbonyl (C=O) groups excluding carboxylic acids is 1. The van der Waals surface area contributed by atoms with Crippen molar-refractivity contribution in [1.82, 2.24) is 0 Å². The topological polar surface area (TPSA) is 115 Å². The molecule has 258 valence electrons. The normalized spacial score (nSPS) is 15.2. The first-order chi connectivity index (χ1) is 21.0. The maximum Gasteiger partial charge on any atom is 0.306 e. The summed E-state index contributed by atoms with van der Waals surface area (Å²) in [6.45, 7) is 9.64. The fourth-order valence-corrected chi connectivity index (χ4v) is 5.78. The zero-order valence-electron chi connectivity index (χ0n) is 29.0. The van der Waals surface area contributed by atoms with Crippen LogP contribution in [0.15, 0.2) is 12.2 Å². The predicted octanol–water partition coefficient (Wildman–Crippen LogP) is 8.40. The minimum absolute atomic E-state index is 0.415. The highest BCUT2D eigenvalue weighted by molar-refractivity contribution is 5.69. The summed E-state index contributed by atoms with van der Waals surface area (Å²) in [5.41, 5.74) is 0. The Hall–Kier alpha value is -1.89. The largest absolute Gasteiger partial charge is 0.550 e. The van der Waals surface area contributed by atoms with Gasteiger partial charge in [-0.3, -0.25) is 9.59 Å². The number of rotatable bonds is 32. The van der Waals surface area contributed by atoms with Crippen molar-refractivity contribution in [2.45, 2.75) is 163 Å². The van der Waals surface area contributed by atoms with Crippen molar-refractivity contribution < 1.29 is 34.2 Å². The number of carboxylic acid groups (broad SMARTS) is 3. The second kappa shape index (κ2) is 27.4. The zero-order valence-corrected chi connectivity index (χ0v) is 29.0. The van der Waals surface area contributed by atoms with Crippen LogP contribution in [0.4, 0.5) is 0 Å². The van der Waals surface area contributed by atoms with E-state index in [-0.39, 0.29) is 0 Å². The van der Waals surface area contributed by atoms with E-state index in [9.17, 15) is 29.7 Å². The zero-order chi connectivity index (χ0) is 33.1. The van der Waals surface area contributed by atoms with Crippen LogP contribution in [-0.2, 0) is 14.4 Å². The monoisotopic (exact) mass is 624 g/mol. The van der Waals surface area contributed by atoms with Gasteiger partial charge < -0.3 is 24.6 Å². The lowest BCUT2D eigenvalue weighted by atomic mass is 10.0. The van der Waals surface area contributed by atoms with Gasteiger partial charge in [0.15, 0.2) is 0 Å². The summed E-state index contributed by atoms with van der Waals surface area (Å²) >= 11 is 0. The Morgan fingerprint density at radius 2 is 0.909 bits per heavy atom. The number of hydrogen-bond donors (Lipinski definition) is 2. The molecule has 44 heavy (non-hydrogen) atoms. The van der Waals surface area contributed by atoms with E-state index in [0.717, 1.165) is 12.8 Å². The van der Waals surface area contributed by atoms with Crippen molar-refractivity contribution in [2.24, 2.45) is 17.8 Å². The van der Waals surface area contributed by atoms with E-state index in [1.807, 2.05) is 0 Å². The summed E-state index contributed by atoms with van der Waals surface area (Å²) in [6, 6.07) is 0. The highest BCUT2D eigenvalue weighted by Crippen LogP contribution is 2.20. The predicted molar refractivity (Wildman–Crippen MR) is 179 cm³/mol. The van der Waals surface area contributed by atoms with Gasteiger partial charge in [0.05, 0.1) is 38.0 Å². The first-order valence-electron chi connectivity index (χ1n) is 18.2. The van der Waals surface area contributed by atoms with Crippen LogP contribution in [-0.4, -0.2) is 58.8 Å². The van der Waals surface area contributed by atoms with Gasteiger partial charge in [-0.15, -0.1) is 0 Å². The standard InChI is InChI=1S/C37H69NO6/c1-5-6-7-8-9-10-11-12-13-14-15-16-17-18-19-20-21-22-23-24-28-38(29-25-32(2)35(39)40,30-26-33(3)36(41)42)31-27-34(4)37(43)44/h23-24,32-34H,5-22,25-31H2,1-4H3,(H2-,39,40,41,42,43,44)/b24-23+. The number of hydrogen-bond acceptors (Lipinski definition) is 4. The number of quaternary nitrogens is 1. The fourth-order valence-electron chi connectivity index (χ4n) is 5.78. The molecule has 7 heteroatoms. The molecule has 0 radical (unpaired) electrons. The molecule has 7 nitrogen and oxygen atoms in total. The minimum Gasteiger partial charge on any atom is -0.550 e. The Morgan fingerprint density at radius 3 is 1.25 bits per heavy atom. The molecule has 0 aromatic rings. The lowest BCUT2D eigenvalue weighted by Gasteiger charge is -2.40.